The number of hydrogen-bond acceptors (Lipinski definition) is 9. The summed E-state index contributed by atoms with van der Waals surface area (Å²) in [6, 6.07) is 0.397. The summed E-state index contributed by atoms with van der Waals surface area (Å²) in [5.41, 5.74) is 2.53. The summed E-state index contributed by atoms with van der Waals surface area (Å²) in [4.78, 5) is 26.0. The lowest BCUT2D eigenvalue weighted by Gasteiger charge is -2.31. The molecule has 0 unspecified atom stereocenters. The third-order valence-corrected chi connectivity index (χ3v) is 7.48. The number of hydrazone groups is 1. The van der Waals surface area contributed by atoms with Gasteiger partial charge in [-0.1, -0.05) is 0 Å². The minimum atomic E-state index is -1.83. The number of rotatable bonds is 7. The number of ether oxygens (including phenoxy) is 1. The van der Waals surface area contributed by atoms with Crippen LogP contribution in [0.2, 0.25) is 0 Å². The lowest BCUT2D eigenvalue weighted by molar-refractivity contribution is -0.120. The Bertz CT molecular complexity index is 1050. The zero-order chi connectivity index (χ0) is 27.9. The molecule has 0 saturated carbocycles. The molecule has 2 N–H and O–H groups in total. The second-order valence-electron chi connectivity index (χ2n) is 9.87. The Morgan fingerprint density at radius 2 is 1.82 bits per heavy atom. The van der Waals surface area contributed by atoms with Gasteiger partial charge in [-0.2, -0.15) is 18.9 Å². The Kier molecular flexibility index (Phi) is 10.0. The van der Waals surface area contributed by atoms with E-state index in [0.717, 1.165) is 43.1 Å². The number of nitrogens with zero attached hydrogens (tertiary/aromatic N) is 6. The third kappa shape index (κ3) is 6.97. The predicted molar refractivity (Wildman–Crippen MR) is 143 cm³/mol. The van der Waals surface area contributed by atoms with Gasteiger partial charge in [0.1, 0.15) is 18.2 Å². The SMILES string of the molecule is C=C(F)F.C=NN1CCCN(c2nc(OCC34CCCN3CCC4)nc(C)c2C)C/C1=C(\O)CC(=O)NC. The Labute approximate surface area is 223 Å². The fourth-order valence-electron chi connectivity index (χ4n) is 5.43. The number of amides is 1. The summed E-state index contributed by atoms with van der Waals surface area (Å²) in [5, 5.41) is 19.0. The van der Waals surface area contributed by atoms with Gasteiger partial charge in [0.25, 0.3) is 6.08 Å². The van der Waals surface area contributed by atoms with Crippen molar-refractivity contribution in [2.45, 2.75) is 57.9 Å². The molecule has 3 aliphatic heterocycles. The minimum Gasteiger partial charge on any atom is -0.510 e. The van der Waals surface area contributed by atoms with Crippen molar-refractivity contribution in [2.24, 2.45) is 5.10 Å². The first kappa shape index (κ1) is 29.3. The summed E-state index contributed by atoms with van der Waals surface area (Å²) in [5.74, 6) is 0.507. The van der Waals surface area contributed by atoms with Gasteiger partial charge in [0.2, 0.25) is 5.91 Å². The highest BCUT2D eigenvalue weighted by molar-refractivity contribution is 5.77. The maximum atomic E-state index is 11.9. The lowest BCUT2D eigenvalue weighted by atomic mass is 9.95. The highest BCUT2D eigenvalue weighted by atomic mass is 19.3. The topological polar surface area (TPSA) is 106 Å². The molecule has 1 aromatic rings. The number of aryl methyl sites for hydroxylation is 1. The van der Waals surface area contributed by atoms with E-state index >= 15 is 0 Å². The van der Waals surface area contributed by atoms with Gasteiger partial charge in [-0.3, -0.25) is 14.7 Å². The van der Waals surface area contributed by atoms with Crippen LogP contribution in [-0.4, -0.2) is 89.5 Å². The molecule has 38 heavy (non-hydrogen) atoms. The van der Waals surface area contributed by atoms with Crippen LogP contribution in [0.5, 0.6) is 6.01 Å². The molecule has 1 amide bonds. The molecule has 4 heterocycles. The molecule has 0 aliphatic carbocycles. The fourth-order valence-corrected chi connectivity index (χ4v) is 5.43. The van der Waals surface area contributed by atoms with Crippen molar-refractivity contribution < 1.29 is 23.4 Å². The molecule has 0 aromatic carbocycles. The minimum absolute atomic E-state index is 0.0137. The van der Waals surface area contributed by atoms with Crippen molar-refractivity contribution in [3.05, 3.63) is 35.4 Å². The summed E-state index contributed by atoms with van der Waals surface area (Å²) in [6.45, 7) is 14.4. The highest BCUT2D eigenvalue weighted by Crippen LogP contribution is 2.39. The number of fused-ring (bicyclic) bond motifs is 1. The molecule has 12 heteroatoms. The molecule has 1 aromatic heterocycles. The Hall–Kier alpha value is -3.28. The van der Waals surface area contributed by atoms with E-state index in [1.807, 2.05) is 13.8 Å². The molecule has 210 valence electrons. The van der Waals surface area contributed by atoms with Crippen LogP contribution in [0.25, 0.3) is 0 Å². The zero-order valence-electron chi connectivity index (χ0n) is 22.6. The van der Waals surface area contributed by atoms with Crippen LogP contribution in [0.15, 0.2) is 29.2 Å². The van der Waals surface area contributed by atoms with Gasteiger partial charge >= 0.3 is 6.01 Å². The summed E-state index contributed by atoms with van der Waals surface area (Å²) in [7, 11) is 1.55. The molecule has 0 atom stereocenters. The van der Waals surface area contributed by atoms with Crippen LogP contribution >= 0.6 is 0 Å². The summed E-state index contributed by atoms with van der Waals surface area (Å²) in [6.07, 6.45) is 3.63. The van der Waals surface area contributed by atoms with Crippen LogP contribution in [0, 0.1) is 13.8 Å². The number of nitrogens with one attached hydrogen (secondary N) is 1. The van der Waals surface area contributed by atoms with Crippen molar-refractivity contribution in [1.29, 1.82) is 0 Å². The van der Waals surface area contributed by atoms with Gasteiger partial charge in [0.15, 0.2) is 0 Å². The molecule has 0 spiro atoms. The smallest absolute Gasteiger partial charge is 0.318 e. The molecular weight excluding hydrogens is 496 g/mol. The van der Waals surface area contributed by atoms with Gasteiger partial charge in [0, 0.05) is 38.1 Å². The number of aromatic nitrogens is 2. The first-order valence-electron chi connectivity index (χ1n) is 12.9. The van der Waals surface area contributed by atoms with E-state index in [1.165, 1.54) is 25.7 Å². The average Bonchev–Trinajstić information content (AvgIpc) is 3.37. The van der Waals surface area contributed by atoms with E-state index in [0.29, 0.717) is 31.4 Å². The predicted octanol–water partition coefficient (Wildman–Crippen LogP) is 3.53. The molecular formula is C26H39F2N7O3. The lowest BCUT2D eigenvalue weighted by Crippen LogP contribution is -2.43. The molecule has 3 saturated heterocycles. The maximum absolute atomic E-state index is 11.9. The quantitative estimate of drug-likeness (QED) is 0.404. The van der Waals surface area contributed by atoms with E-state index in [-0.39, 0.29) is 23.6 Å². The Morgan fingerprint density at radius 3 is 2.42 bits per heavy atom. The zero-order valence-corrected chi connectivity index (χ0v) is 22.6. The molecule has 0 bridgehead atoms. The van der Waals surface area contributed by atoms with E-state index in [4.69, 9.17) is 9.72 Å². The van der Waals surface area contributed by atoms with Crippen molar-refractivity contribution in [1.82, 2.24) is 25.2 Å². The van der Waals surface area contributed by atoms with Crippen molar-refractivity contribution in [2.75, 3.05) is 51.3 Å². The van der Waals surface area contributed by atoms with Crippen molar-refractivity contribution in [3.63, 3.8) is 0 Å². The number of hydrogen-bond donors (Lipinski definition) is 2. The number of anilines is 1. The number of carbonyl (C=O) groups excluding carboxylic acids is 1. The molecule has 0 radical (unpaired) electrons. The number of halogens is 2. The van der Waals surface area contributed by atoms with Crippen molar-refractivity contribution in [3.8, 4) is 6.01 Å². The first-order chi connectivity index (χ1) is 18.1. The van der Waals surface area contributed by atoms with Gasteiger partial charge in [-0.05, 0) is 65.6 Å². The van der Waals surface area contributed by atoms with E-state index < -0.39 is 6.08 Å². The average molecular weight is 536 g/mol. The van der Waals surface area contributed by atoms with Crippen LogP contribution in [0.4, 0.5) is 14.6 Å². The summed E-state index contributed by atoms with van der Waals surface area (Å²) >= 11 is 0. The first-order valence-corrected chi connectivity index (χ1v) is 12.9. The van der Waals surface area contributed by atoms with Crippen LogP contribution in [0.1, 0.15) is 49.8 Å². The maximum Gasteiger partial charge on any atom is 0.318 e. The molecule has 10 nitrogen and oxygen atoms in total. The van der Waals surface area contributed by atoms with Gasteiger partial charge in [0.05, 0.1) is 24.2 Å². The normalized spacial score (nSPS) is 20.1. The van der Waals surface area contributed by atoms with Gasteiger partial charge in [-0.25, -0.2) is 4.98 Å². The van der Waals surface area contributed by atoms with Gasteiger partial charge in [-0.15, -0.1) is 0 Å². The van der Waals surface area contributed by atoms with Crippen molar-refractivity contribution >= 4 is 18.4 Å². The Balaban J connectivity index is 0.000000934. The van der Waals surface area contributed by atoms with Crippen LogP contribution in [0.3, 0.4) is 0 Å². The second kappa shape index (κ2) is 13.0. The monoisotopic (exact) mass is 535 g/mol. The van der Waals surface area contributed by atoms with Crippen LogP contribution in [-0.2, 0) is 4.79 Å². The largest absolute Gasteiger partial charge is 0.510 e. The van der Waals surface area contributed by atoms with Crippen LogP contribution < -0.4 is 15.0 Å². The van der Waals surface area contributed by atoms with E-state index in [2.05, 4.69) is 38.5 Å². The number of aliphatic hydroxyl groups is 1. The highest BCUT2D eigenvalue weighted by Gasteiger charge is 2.45. The number of carbonyl (C=O) groups is 1. The van der Waals surface area contributed by atoms with E-state index in [9.17, 15) is 18.7 Å². The fraction of sp³-hybridized carbons (Fsp3) is 0.615. The molecule has 3 aliphatic rings. The molecule has 3 fully saturated rings. The standard InChI is InChI=1S/C24H37N7O3.C2H2F2/c1-17-18(2)27-23(34-16-24-8-5-11-30(24)12-6-9-24)28-22(17)29-10-7-13-31(26-4)19(15-29)20(32)14-21(33)25-3;1-2(3)4/h32H,4-16H2,1-3H3,(H,25,33);1H2/b20-19+;. The third-order valence-electron chi connectivity index (χ3n) is 7.48. The molecule has 4 rings (SSSR count). The number of aliphatic hydroxyl groups excluding tert-OH is 1. The van der Waals surface area contributed by atoms with E-state index in [1.54, 1.807) is 12.1 Å². The second-order valence-corrected chi connectivity index (χ2v) is 9.87. The Morgan fingerprint density at radius 1 is 1.16 bits per heavy atom. The van der Waals surface area contributed by atoms with Gasteiger partial charge < -0.3 is 20.1 Å². The summed E-state index contributed by atoms with van der Waals surface area (Å²) < 4.78 is 26.5.